The second-order valence-electron chi connectivity index (χ2n) is 7.41. The smallest absolute Gasteiger partial charge is 0.375 e. The van der Waals surface area contributed by atoms with Gasteiger partial charge in [0, 0.05) is 29.4 Å². The third-order valence-corrected chi connectivity index (χ3v) is 7.23. The summed E-state index contributed by atoms with van der Waals surface area (Å²) in [7, 11) is 1.54. The normalized spacial score (nSPS) is 15.7. The molecule has 33 heavy (non-hydrogen) atoms. The van der Waals surface area contributed by atoms with Crippen molar-refractivity contribution in [2.24, 2.45) is 5.10 Å². The molecule has 0 saturated carbocycles. The van der Waals surface area contributed by atoms with E-state index in [4.69, 9.17) is 13.9 Å². The minimum Gasteiger partial charge on any atom is -0.450 e. The standard InChI is InChI=1S/C24H20N2O5S2/c1-29-13-16-15-6-2-3-7-19(15)31-23(16)24(28)30-14-22(27)26-18(21-9-5-11-33-21)12-17(25-26)20-8-4-10-32-20/h2-11,18H,12-14H2,1H3/t18-/m1/s1. The number of para-hydroxylation sites is 1. The average molecular weight is 481 g/mol. The molecule has 1 aliphatic rings. The van der Waals surface area contributed by atoms with Crippen LogP contribution in [0.4, 0.5) is 0 Å². The molecule has 9 heteroatoms. The van der Waals surface area contributed by atoms with E-state index in [0.29, 0.717) is 17.6 Å². The van der Waals surface area contributed by atoms with Crippen LogP contribution < -0.4 is 0 Å². The van der Waals surface area contributed by atoms with Crippen LogP contribution in [0.3, 0.4) is 0 Å². The molecule has 0 bridgehead atoms. The number of thiophene rings is 2. The molecule has 0 radical (unpaired) electrons. The number of ether oxygens (including phenoxy) is 2. The number of hydrazone groups is 1. The molecule has 1 amide bonds. The van der Waals surface area contributed by atoms with Gasteiger partial charge in [0.25, 0.3) is 5.91 Å². The van der Waals surface area contributed by atoms with E-state index in [1.807, 2.05) is 53.2 Å². The number of carbonyl (C=O) groups excluding carboxylic acids is 2. The summed E-state index contributed by atoms with van der Waals surface area (Å²) in [6, 6.07) is 15.0. The van der Waals surface area contributed by atoms with Crippen LogP contribution in [0, 0.1) is 0 Å². The molecular formula is C24H20N2O5S2. The Hall–Kier alpha value is -3.27. The first-order valence-corrected chi connectivity index (χ1v) is 12.0. The van der Waals surface area contributed by atoms with E-state index in [2.05, 4.69) is 5.10 Å². The molecule has 3 aromatic heterocycles. The van der Waals surface area contributed by atoms with Crippen LogP contribution in [0.25, 0.3) is 11.0 Å². The van der Waals surface area contributed by atoms with E-state index in [0.717, 1.165) is 20.9 Å². The van der Waals surface area contributed by atoms with Gasteiger partial charge in [0.05, 0.1) is 23.2 Å². The fraction of sp³-hybridized carbons (Fsp3) is 0.208. The third-order valence-electron chi connectivity index (χ3n) is 5.34. The largest absolute Gasteiger partial charge is 0.450 e. The lowest BCUT2D eigenvalue weighted by molar-refractivity contribution is -0.136. The molecule has 4 aromatic rings. The highest BCUT2D eigenvalue weighted by Gasteiger charge is 2.35. The van der Waals surface area contributed by atoms with E-state index >= 15 is 0 Å². The van der Waals surface area contributed by atoms with E-state index in [1.54, 1.807) is 35.8 Å². The Morgan fingerprint density at radius 3 is 2.70 bits per heavy atom. The number of benzene rings is 1. The maximum Gasteiger partial charge on any atom is 0.375 e. The van der Waals surface area contributed by atoms with Crippen LogP contribution in [0.2, 0.25) is 0 Å². The number of fused-ring (bicyclic) bond motifs is 1. The topological polar surface area (TPSA) is 81.3 Å². The van der Waals surface area contributed by atoms with Crippen LogP contribution in [0.5, 0.6) is 0 Å². The second-order valence-corrected chi connectivity index (χ2v) is 9.34. The zero-order valence-corrected chi connectivity index (χ0v) is 19.4. The van der Waals surface area contributed by atoms with E-state index in [9.17, 15) is 9.59 Å². The number of rotatable bonds is 7. The Kier molecular flexibility index (Phi) is 6.08. The van der Waals surface area contributed by atoms with Gasteiger partial charge in [0.2, 0.25) is 5.76 Å². The van der Waals surface area contributed by atoms with Gasteiger partial charge < -0.3 is 13.9 Å². The third kappa shape index (κ3) is 4.22. The fourth-order valence-electron chi connectivity index (χ4n) is 3.84. The minimum absolute atomic E-state index is 0.0462. The summed E-state index contributed by atoms with van der Waals surface area (Å²) in [6.45, 7) is -0.248. The highest BCUT2D eigenvalue weighted by Crippen LogP contribution is 2.36. The Bertz CT molecular complexity index is 1310. The van der Waals surface area contributed by atoms with Gasteiger partial charge in [0.15, 0.2) is 6.61 Å². The lowest BCUT2D eigenvalue weighted by atomic mass is 10.1. The number of methoxy groups -OCH3 is 1. The molecule has 0 saturated heterocycles. The Labute approximate surface area is 197 Å². The fourth-order valence-corrected chi connectivity index (χ4v) is 5.38. The molecule has 0 unspecified atom stereocenters. The Morgan fingerprint density at radius 1 is 1.12 bits per heavy atom. The zero-order chi connectivity index (χ0) is 22.8. The van der Waals surface area contributed by atoms with Gasteiger partial charge in [0.1, 0.15) is 5.58 Å². The van der Waals surface area contributed by atoms with Gasteiger partial charge in [-0.25, -0.2) is 9.80 Å². The molecule has 1 aromatic carbocycles. The van der Waals surface area contributed by atoms with Crippen molar-refractivity contribution in [2.45, 2.75) is 19.1 Å². The second kappa shape index (κ2) is 9.30. The summed E-state index contributed by atoms with van der Waals surface area (Å²) in [5, 5.41) is 10.7. The van der Waals surface area contributed by atoms with Crippen molar-refractivity contribution in [3.05, 3.63) is 80.4 Å². The number of hydrogen-bond donors (Lipinski definition) is 0. The average Bonchev–Trinajstić information content (AvgIpc) is 3.62. The van der Waals surface area contributed by atoms with Crippen LogP contribution in [0.15, 0.2) is 68.8 Å². The van der Waals surface area contributed by atoms with Crippen LogP contribution in [0.1, 0.15) is 38.3 Å². The lowest BCUT2D eigenvalue weighted by Crippen LogP contribution is -2.31. The van der Waals surface area contributed by atoms with E-state index in [1.165, 1.54) is 5.01 Å². The van der Waals surface area contributed by atoms with E-state index in [-0.39, 0.29) is 18.4 Å². The predicted octanol–water partition coefficient (Wildman–Crippen LogP) is 5.24. The number of carbonyl (C=O) groups is 2. The molecule has 168 valence electrons. The van der Waals surface area contributed by atoms with Gasteiger partial charge in [-0.05, 0) is 29.0 Å². The van der Waals surface area contributed by atoms with Gasteiger partial charge >= 0.3 is 5.97 Å². The summed E-state index contributed by atoms with van der Waals surface area (Å²) in [6.07, 6.45) is 0.613. The summed E-state index contributed by atoms with van der Waals surface area (Å²) in [5.41, 5.74) is 2.01. The number of hydrogen-bond acceptors (Lipinski definition) is 8. The highest BCUT2D eigenvalue weighted by atomic mass is 32.1. The first kappa shape index (κ1) is 21.6. The van der Waals surface area contributed by atoms with Crippen molar-refractivity contribution in [1.82, 2.24) is 5.01 Å². The van der Waals surface area contributed by atoms with Crippen LogP contribution >= 0.6 is 22.7 Å². The number of nitrogens with zero attached hydrogens (tertiary/aromatic N) is 2. The first-order chi connectivity index (χ1) is 16.2. The number of amides is 1. The monoisotopic (exact) mass is 480 g/mol. The van der Waals surface area contributed by atoms with Crippen molar-refractivity contribution in [3.8, 4) is 0 Å². The van der Waals surface area contributed by atoms with Crippen molar-refractivity contribution < 1.29 is 23.5 Å². The molecule has 0 aliphatic carbocycles. The van der Waals surface area contributed by atoms with Crippen molar-refractivity contribution in [2.75, 3.05) is 13.7 Å². The number of furan rings is 1. The molecule has 1 atom stereocenters. The lowest BCUT2D eigenvalue weighted by Gasteiger charge is -2.20. The maximum absolute atomic E-state index is 13.1. The first-order valence-electron chi connectivity index (χ1n) is 10.3. The van der Waals surface area contributed by atoms with E-state index < -0.39 is 18.5 Å². The zero-order valence-electron chi connectivity index (χ0n) is 17.7. The van der Waals surface area contributed by atoms with Crippen LogP contribution in [-0.4, -0.2) is 36.3 Å². The molecule has 1 aliphatic heterocycles. The molecule has 0 fully saturated rings. The Morgan fingerprint density at radius 2 is 1.94 bits per heavy atom. The van der Waals surface area contributed by atoms with Gasteiger partial charge in [-0.1, -0.05) is 30.3 Å². The molecule has 4 heterocycles. The predicted molar refractivity (Wildman–Crippen MR) is 127 cm³/mol. The van der Waals surface area contributed by atoms with Gasteiger partial charge in [-0.2, -0.15) is 5.10 Å². The highest BCUT2D eigenvalue weighted by molar-refractivity contribution is 7.12. The molecule has 7 nitrogen and oxygen atoms in total. The quantitative estimate of drug-likeness (QED) is 0.338. The SMILES string of the molecule is COCc1c(C(=O)OCC(=O)N2N=C(c3cccs3)C[C@@H]2c2cccs2)oc2ccccc12. The molecule has 5 rings (SSSR count). The molecule has 0 N–H and O–H groups in total. The van der Waals surface area contributed by atoms with Crippen molar-refractivity contribution in [1.29, 1.82) is 0 Å². The number of esters is 1. The summed E-state index contributed by atoms with van der Waals surface area (Å²) in [4.78, 5) is 28.0. The summed E-state index contributed by atoms with van der Waals surface area (Å²) < 4.78 is 16.3. The molecule has 0 spiro atoms. The summed E-state index contributed by atoms with van der Waals surface area (Å²) in [5.74, 6) is -1.05. The van der Waals surface area contributed by atoms with Gasteiger partial charge in [-0.15, -0.1) is 22.7 Å². The van der Waals surface area contributed by atoms with Crippen LogP contribution in [-0.2, 0) is 20.9 Å². The van der Waals surface area contributed by atoms with Gasteiger partial charge in [-0.3, -0.25) is 4.79 Å². The minimum atomic E-state index is -0.707. The maximum atomic E-state index is 13.1. The molecular weight excluding hydrogens is 460 g/mol. The van der Waals surface area contributed by atoms with Crippen molar-refractivity contribution in [3.63, 3.8) is 0 Å². The Balaban J connectivity index is 1.35. The van der Waals surface area contributed by atoms with Crippen molar-refractivity contribution >= 4 is 51.2 Å². The summed E-state index contributed by atoms with van der Waals surface area (Å²) >= 11 is 3.15.